The summed E-state index contributed by atoms with van der Waals surface area (Å²) in [5.41, 5.74) is -0.428. The Balaban J connectivity index is 1.37. The maximum absolute atomic E-state index is 12.1. The van der Waals surface area contributed by atoms with E-state index in [9.17, 15) is 4.79 Å². The SMILES string of the molecule is CC(C)(C)OC(=O)N[C@@H]1CCC[C@H](NC2CCN(C3CCCCC3)CC2)C1. The summed E-state index contributed by atoms with van der Waals surface area (Å²) >= 11 is 0. The highest BCUT2D eigenvalue weighted by Crippen LogP contribution is 2.26. The van der Waals surface area contributed by atoms with Gasteiger partial charge in [-0.05, 0) is 85.2 Å². The van der Waals surface area contributed by atoms with E-state index in [1.807, 2.05) is 20.8 Å². The summed E-state index contributed by atoms with van der Waals surface area (Å²) in [5.74, 6) is 0. The number of alkyl carbamates (subject to hydrolysis) is 1. The second-order valence-electron chi connectivity index (χ2n) is 9.98. The van der Waals surface area contributed by atoms with Crippen molar-refractivity contribution in [2.75, 3.05) is 13.1 Å². The zero-order valence-electron chi connectivity index (χ0n) is 17.8. The number of hydrogen-bond acceptors (Lipinski definition) is 4. The van der Waals surface area contributed by atoms with Crippen LogP contribution >= 0.6 is 0 Å². The average Bonchev–Trinajstić information content (AvgIpc) is 2.62. The molecule has 0 spiro atoms. The summed E-state index contributed by atoms with van der Waals surface area (Å²) in [5, 5.41) is 7.00. The minimum Gasteiger partial charge on any atom is -0.444 e. The van der Waals surface area contributed by atoms with Crippen LogP contribution in [-0.4, -0.2) is 53.9 Å². The number of amides is 1. The fourth-order valence-corrected chi connectivity index (χ4v) is 5.16. The lowest BCUT2D eigenvalue weighted by molar-refractivity contribution is 0.0486. The van der Waals surface area contributed by atoms with Crippen molar-refractivity contribution < 1.29 is 9.53 Å². The third kappa shape index (κ3) is 6.94. The highest BCUT2D eigenvalue weighted by molar-refractivity contribution is 5.68. The van der Waals surface area contributed by atoms with Crippen molar-refractivity contribution in [1.82, 2.24) is 15.5 Å². The molecule has 3 rings (SSSR count). The number of nitrogens with zero attached hydrogens (tertiary/aromatic N) is 1. The molecule has 0 aromatic carbocycles. The van der Waals surface area contributed by atoms with Gasteiger partial charge >= 0.3 is 6.09 Å². The Morgan fingerprint density at radius 1 is 0.852 bits per heavy atom. The topological polar surface area (TPSA) is 53.6 Å². The molecule has 1 amide bonds. The molecule has 0 aromatic rings. The monoisotopic (exact) mass is 379 g/mol. The van der Waals surface area contributed by atoms with E-state index in [1.54, 1.807) is 0 Å². The maximum Gasteiger partial charge on any atom is 0.407 e. The minimum absolute atomic E-state index is 0.244. The number of nitrogens with one attached hydrogen (secondary N) is 2. The summed E-state index contributed by atoms with van der Waals surface area (Å²) in [6.07, 6.45) is 13.9. The van der Waals surface area contributed by atoms with Crippen LogP contribution in [0.2, 0.25) is 0 Å². The average molecular weight is 380 g/mol. The second-order valence-corrected chi connectivity index (χ2v) is 9.98. The van der Waals surface area contributed by atoms with E-state index in [-0.39, 0.29) is 12.1 Å². The van der Waals surface area contributed by atoms with Crippen LogP contribution in [0.5, 0.6) is 0 Å². The Hall–Kier alpha value is -0.810. The zero-order valence-corrected chi connectivity index (χ0v) is 17.8. The Morgan fingerprint density at radius 2 is 1.52 bits per heavy atom. The van der Waals surface area contributed by atoms with Crippen LogP contribution in [-0.2, 0) is 4.74 Å². The molecule has 0 bridgehead atoms. The zero-order chi connectivity index (χ0) is 19.3. The van der Waals surface area contributed by atoms with Gasteiger partial charge in [0.25, 0.3) is 0 Å². The molecule has 3 aliphatic rings. The Labute approximate surface area is 166 Å². The van der Waals surface area contributed by atoms with Gasteiger partial charge in [-0.25, -0.2) is 4.79 Å². The molecule has 5 heteroatoms. The number of ether oxygens (including phenoxy) is 1. The van der Waals surface area contributed by atoms with Crippen LogP contribution in [0.4, 0.5) is 4.79 Å². The molecular formula is C22H41N3O2. The number of rotatable bonds is 4. The highest BCUT2D eigenvalue weighted by Gasteiger charge is 2.30. The molecule has 1 aliphatic heterocycles. The van der Waals surface area contributed by atoms with Crippen molar-refractivity contribution in [3.63, 3.8) is 0 Å². The summed E-state index contributed by atoms with van der Waals surface area (Å²) in [6.45, 7) is 8.26. The Bertz CT molecular complexity index is 463. The maximum atomic E-state index is 12.1. The van der Waals surface area contributed by atoms with Crippen molar-refractivity contribution in [2.24, 2.45) is 0 Å². The molecular weight excluding hydrogens is 338 g/mol. The summed E-state index contributed by atoms with van der Waals surface area (Å²) in [4.78, 5) is 14.8. The molecule has 0 radical (unpaired) electrons. The first kappa shape index (κ1) is 20.9. The standard InChI is InChI=1S/C22H41N3O2/c1-22(2,3)27-21(26)24-19-9-7-8-18(16-19)23-17-12-14-25(15-13-17)20-10-5-4-6-11-20/h17-20,23H,4-16H2,1-3H3,(H,24,26)/t18-,19+/m0/s1. The lowest BCUT2D eigenvalue weighted by Gasteiger charge is -2.41. The van der Waals surface area contributed by atoms with E-state index in [4.69, 9.17) is 4.74 Å². The molecule has 0 aromatic heterocycles. The Morgan fingerprint density at radius 3 is 2.19 bits per heavy atom. The smallest absolute Gasteiger partial charge is 0.407 e. The molecule has 27 heavy (non-hydrogen) atoms. The lowest BCUT2D eigenvalue weighted by atomic mass is 9.89. The van der Waals surface area contributed by atoms with Gasteiger partial charge < -0.3 is 20.3 Å². The number of carbonyl (C=O) groups is 1. The fraction of sp³-hybridized carbons (Fsp3) is 0.955. The van der Waals surface area contributed by atoms with Crippen molar-refractivity contribution in [3.8, 4) is 0 Å². The molecule has 2 aliphatic carbocycles. The Kier molecular flexibility index (Phi) is 7.43. The van der Waals surface area contributed by atoms with Crippen molar-refractivity contribution in [3.05, 3.63) is 0 Å². The van der Waals surface area contributed by atoms with Crippen LogP contribution in [0.3, 0.4) is 0 Å². The summed E-state index contributed by atoms with van der Waals surface area (Å²) < 4.78 is 5.42. The molecule has 0 unspecified atom stereocenters. The van der Waals surface area contributed by atoms with E-state index in [0.717, 1.165) is 18.9 Å². The number of likely N-dealkylation sites (tertiary alicyclic amines) is 1. The molecule has 3 fully saturated rings. The van der Waals surface area contributed by atoms with Crippen LogP contribution in [0.1, 0.15) is 91.4 Å². The van der Waals surface area contributed by atoms with Gasteiger partial charge in [0.2, 0.25) is 0 Å². The fourth-order valence-electron chi connectivity index (χ4n) is 5.16. The molecule has 1 saturated heterocycles. The van der Waals surface area contributed by atoms with Gasteiger partial charge in [0.15, 0.2) is 0 Å². The van der Waals surface area contributed by atoms with Crippen molar-refractivity contribution >= 4 is 6.09 Å². The van der Waals surface area contributed by atoms with Crippen LogP contribution in [0.25, 0.3) is 0 Å². The molecule has 5 nitrogen and oxygen atoms in total. The van der Waals surface area contributed by atoms with Gasteiger partial charge in [-0.3, -0.25) is 0 Å². The summed E-state index contributed by atoms with van der Waals surface area (Å²) in [7, 11) is 0. The molecule has 1 heterocycles. The van der Waals surface area contributed by atoms with Crippen molar-refractivity contribution in [1.29, 1.82) is 0 Å². The first-order chi connectivity index (χ1) is 12.9. The molecule has 2 saturated carbocycles. The first-order valence-electron chi connectivity index (χ1n) is 11.4. The van der Waals surface area contributed by atoms with Crippen LogP contribution < -0.4 is 10.6 Å². The van der Waals surface area contributed by atoms with Gasteiger partial charge in [-0.15, -0.1) is 0 Å². The summed E-state index contributed by atoms with van der Waals surface area (Å²) in [6, 6.07) is 2.28. The second kappa shape index (κ2) is 9.60. The van der Waals surface area contributed by atoms with Gasteiger partial charge in [0.05, 0.1) is 0 Å². The van der Waals surface area contributed by atoms with E-state index < -0.39 is 5.60 Å². The predicted molar refractivity (Wildman–Crippen MR) is 110 cm³/mol. The van der Waals surface area contributed by atoms with Crippen LogP contribution in [0.15, 0.2) is 0 Å². The number of piperidine rings is 1. The van der Waals surface area contributed by atoms with Gasteiger partial charge in [0.1, 0.15) is 5.60 Å². The molecule has 156 valence electrons. The predicted octanol–water partition coefficient (Wildman–Crippen LogP) is 4.21. The molecule has 2 atom stereocenters. The minimum atomic E-state index is -0.428. The van der Waals surface area contributed by atoms with Gasteiger partial charge in [-0.1, -0.05) is 19.3 Å². The third-order valence-corrected chi connectivity index (χ3v) is 6.49. The normalized spacial score (nSPS) is 29.4. The highest BCUT2D eigenvalue weighted by atomic mass is 16.6. The van der Waals surface area contributed by atoms with Crippen LogP contribution in [0, 0.1) is 0 Å². The van der Waals surface area contributed by atoms with E-state index in [1.165, 1.54) is 70.9 Å². The number of carbonyl (C=O) groups excluding carboxylic acids is 1. The lowest BCUT2D eigenvalue weighted by Crippen LogP contribution is -2.52. The third-order valence-electron chi connectivity index (χ3n) is 6.49. The van der Waals surface area contributed by atoms with E-state index >= 15 is 0 Å². The van der Waals surface area contributed by atoms with Crippen molar-refractivity contribution in [2.45, 2.75) is 121 Å². The first-order valence-corrected chi connectivity index (χ1v) is 11.4. The largest absolute Gasteiger partial charge is 0.444 e. The molecule has 2 N–H and O–H groups in total. The van der Waals surface area contributed by atoms with Gasteiger partial charge in [-0.2, -0.15) is 0 Å². The van der Waals surface area contributed by atoms with Gasteiger partial charge in [0, 0.05) is 24.2 Å². The number of hydrogen-bond donors (Lipinski definition) is 2. The van der Waals surface area contributed by atoms with E-state index in [2.05, 4.69) is 15.5 Å². The van der Waals surface area contributed by atoms with E-state index in [0.29, 0.717) is 12.1 Å². The quantitative estimate of drug-likeness (QED) is 0.768.